The average Bonchev–Trinajstić information content (AvgIpc) is 0.768. The standard InChI is InChI=1S/C63H112O35/c1-64-22-29-36-43(71-8)50(78-15)57(85-29)93-37-30(23-65-2)87-59(52(80-17)44(37)72-9)95-39-32(25-67-4)89-61(54(82-19)46(39)74-11)97-41-34(27-69-6)91-63(56(84-21)48(41)76-13)98-42-35(28-70-7)90-62(55(83-20)49(42)77-14)96-40-33(26-68-5)88-60(53(81-18)47(40)75-12)94-38-31(24-66-3)86-58(92-36)51(79-16)45(38)73-10/h29-63H,22-28H2,1-21H3/t29?,30?,31?,32?,33?,34?,35?,36?,37?,38?,39?,40?,41?,42?,43-,44-,45-,46-,47-,48-,49+,50-,51-,52-,53-,54-,55-,56-,57-,58-,59-,60-,61-,62-,63-/m0/s1. The Labute approximate surface area is 574 Å². The molecule has 14 unspecified atom stereocenters. The lowest BCUT2D eigenvalue weighted by atomic mass is 9.94. The Balaban J connectivity index is 1.23. The van der Waals surface area contributed by atoms with Gasteiger partial charge in [0.25, 0.3) is 0 Å². The maximum absolute atomic E-state index is 7.03. The Hall–Kier alpha value is -1.40. The summed E-state index contributed by atoms with van der Waals surface area (Å²) in [6, 6.07) is 0. The van der Waals surface area contributed by atoms with Crippen LogP contribution in [-0.4, -0.2) is 410 Å². The highest BCUT2D eigenvalue weighted by atomic mass is 16.8. The van der Waals surface area contributed by atoms with Gasteiger partial charge in [-0.25, -0.2) is 0 Å². The van der Waals surface area contributed by atoms with Crippen LogP contribution in [0.15, 0.2) is 0 Å². The van der Waals surface area contributed by atoms with Gasteiger partial charge >= 0.3 is 0 Å². The van der Waals surface area contributed by atoms with Crippen molar-refractivity contribution in [1.29, 1.82) is 0 Å². The largest absolute Gasteiger partial charge is 0.382 e. The third-order valence-corrected chi connectivity index (χ3v) is 19.3. The van der Waals surface area contributed by atoms with Crippen LogP contribution in [0.1, 0.15) is 0 Å². The van der Waals surface area contributed by atoms with Crippen molar-refractivity contribution in [3.05, 3.63) is 0 Å². The first kappa shape index (κ1) is 82.3. The first-order valence-electron chi connectivity index (χ1n) is 32.7. The molecule has 35 nitrogen and oxygen atoms in total. The van der Waals surface area contributed by atoms with Crippen LogP contribution in [0.2, 0.25) is 0 Å². The van der Waals surface area contributed by atoms with E-state index >= 15 is 0 Å². The van der Waals surface area contributed by atoms with Crippen molar-refractivity contribution in [2.45, 2.75) is 215 Å². The maximum atomic E-state index is 7.03. The van der Waals surface area contributed by atoms with Gasteiger partial charge < -0.3 is 166 Å². The number of ether oxygens (including phenoxy) is 35. The molecule has 21 fully saturated rings. The smallest absolute Gasteiger partial charge is 0.187 e. The SMILES string of the molecule is COCC1O[C@H]2OC3C(COC)O[C@@H](OC4C(COC)O[C@@H](OC5C(COC)O[C@@H](OC6C(COC)O[C@@H](OC7C(COC)O[C@@H](OC8C(COC)O[C@@H](OC1[C@@H](OC)[C@@H]2OC)[C@@H](OC)[C@H]8OC)[C@@H](OC)[C@H]7OC)[C@@H](OC)[C@H]6OC)[C@@H](OC)[C@H]5OC)[C@@H](OC)[C@H]4OC)[C@@H](OC)[C@H]3OC. The molecule has 0 aliphatic carbocycles. The van der Waals surface area contributed by atoms with Gasteiger partial charge in [-0.2, -0.15) is 0 Å². The third kappa shape index (κ3) is 17.8. The fraction of sp³-hybridized carbons (Fsp3) is 1.00. The van der Waals surface area contributed by atoms with E-state index in [1.54, 1.807) is 0 Å². The number of hydrogen-bond acceptors (Lipinski definition) is 35. The number of hydrogen-bond donors (Lipinski definition) is 0. The molecular weight excluding hydrogens is 1320 g/mol. The zero-order valence-electron chi connectivity index (χ0n) is 60.4. The van der Waals surface area contributed by atoms with Crippen LogP contribution < -0.4 is 0 Å². The summed E-state index contributed by atoms with van der Waals surface area (Å²) in [5.74, 6) is 0. The number of rotatable bonds is 28. The van der Waals surface area contributed by atoms with Crippen molar-refractivity contribution in [1.82, 2.24) is 0 Å². The molecule has 0 saturated carbocycles. The molecule has 21 heterocycles. The molecule has 21 rings (SSSR count). The molecular formula is C63H112O35. The van der Waals surface area contributed by atoms with Gasteiger partial charge in [-0.05, 0) is 0 Å². The summed E-state index contributed by atoms with van der Waals surface area (Å²) in [6.07, 6.45) is -35.9. The van der Waals surface area contributed by atoms with E-state index in [9.17, 15) is 0 Å². The molecule has 35 atom stereocenters. The molecule has 21 aliphatic rings. The Morgan fingerprint density at radius 2 is 0.245 bits per heavy atom. The van der Waals surface area contributed by atoms with E-state index in [-0.39, 0.29) is 46.2 Å². The summed E-state index contributed by atoms with van der Waals surface area (Å²) in [5.41, 5.74) is 0. The van der Waals surface area contributed by atoms with Gasteiger partial charge in [0.05, 0.1) is 46.2 Å². The van der Waals surface area contributed by atoms with E-state index in [1.165, 1.54) is 149 Å². The van der Waals surface area contributed by atoms with Gasteiger partial charge in [0.2, 0.25) is 0 Å². The fourth-order valence-corrected chi connectivity index (χ4v) is 14.9. The molecule has 0 radical (unpaired) electrons. The van der Waals surface area contributed by atoms with Gasteiger partial charge in [-0.15, -0.1) is 0 Å². The zero-order chi connectivity index (χ0) is 70.9. The predicted octanol–water partition coefficient (Wildman–Crippen LogP) is -1.49. The van der Waals surface area contributed by atoms with Gasteiger partial charge in [0.15, 0.2) is 44.0 Å². The Morgan fingerprint density at radius 1 is 0.143 bits per heavy atom. The van der Waals surface area contributed by atoms with E-state index in [4.69, 9.17) is 166 Å². The lowest BCUT2D eigenvalue weighted by Crippen LogP contribution is -2.69. The van der Waals surface area contributed by atoms with Crippen LogP contribution in [-0.2, 0) is 166 Å². The van der Waals surface area contributed by atoms with Crippen LogP contribution in [0.4, 0.5) is 0 Å². The van der Waals surface area contributed by atoms with Crippen LogP contribution in [0.3, 0.4) is 0 Å². The second kappa shape index (κ2) is 40.4. The summed E-state index contributed by atoms with van der Waals surface area (Å²) >= 11 is 0. The summed E-state index contributed by atoms with van der Waals surface area (Å²) in [7, 11) is 31.7. The van der Waals surface area contributed by atoms with E-state index in [0.717, 1.165) is 0 Å². The van der Waals surface area contributed by atoms with Crippen molar-refractivity contribution >= 4 is 0 Å². The maximum Gasteiger partial charge on any atom is 0.187 e. The summed E-state index contributed by atoms with van der Waals surface area (Å²) in [5, 5.41) is 0. The fourth-order valence-electron chi connectivity index (χ4n) is 14.9. The average molecular weight is 1430 g/mol. The Morgan fingerprint density at radius 3 is 0.327 bits per heavy atom. The molecule has 0 aromatic rings. The van der Waals surface area contributed by atoms with Crippen molar-refractivity contribution < 1.29 is 166 Å². The molecule has 14 bridgehead atoms. The molecule has 35 heteroatoms. The zero-order valence-corrected chi connectivity index (χ0v) is 60.4. The second-order valence-electron chi connectivity index (χ2n) is 24.5. The number of methoxy groups -OCH3 is 21. The van der Waals surface area contributed by atoms with Crippen molar-refractivity contribution in [2.75, 3.05) is 196 Å². The first-order valence-corrected chi connectivity index (χ1v) is 32.7. The van der Waals surface area contributed by atoms with Gasteiger partial charge in [-0.1, -0.05) is 0 Å². The monoisotopic (exact) mass is 1430 g/mol. The third-order valence-electron chi connectivity index (χ3n) is 19.3. The summed E-state index contributed by atoms with van der Waals surface area (Å²) in [4.78, 5) is 0. The van der Waals surface area contributed by atoms with Crippen LogP contribution in [0, 0.1) is 0 Å². The molecule has 21 aliphatic heterocycles. The molecule has 0 aromatic carbocycles. The van der Waals surface area contributed by atoms with Crippen molar-refractivity contribution in [3.8, 4) is 0 Å². The highest BCUT2D eigenvalue weighted by Crippen LogP contribution is 2.43. The quantitative estimate of drug-likeness (QED) is 0.0861. The molecule has 0 N–H and O–H groups in total. The molecule has 0 spiro atoms. The normalized spacial score (nSPS) is 46.1. The highest BCUT2D eigenvalue weighted by molar-refractivity contribution is 5.04. The van der Waals surface area contributed by atoms with E-state index in [2.05, 4.69) is 0 Å². The van der Waals surface area contributed by atoms with Crippen molar-refractivity contribution in [2.24, 2.45) is 0 Å². The predicted molar refractivity (Wildman–Crippen MR) is 329 cm³/mol. The lowest BCUT2D eigenvalue weighted by Gasteiger charge is -2.52. The van der Waals surface area contributed by atoms with E-state index < -0.39 is 215 Å². The van der Waals surface area contributed by atoms with E-state index in [1.807, 2.05) is 0 Å². The minimum absolute atomic E-state index is 0.0381. The first-order chi connectivity index (χ1) is 47.7. The molecule has 0 aromatic heterocycles. The summed E-state index contributed by atoms with van der Waals surface area (Å²) in [6.45, 7) is -0.267. The molecule has 98 heavy (non-hydrogen) atoms. The minimum Gasteiger partial charge on any atom is -0.382 e. The Bertz CT molecular complexity index is 1800. The van der Waals surface area contributed by atoms with Crippen LogP contribution in [0.25, 0.3) is 0 Å². The van der Waals surface area contributed by atoms with E-state index in [0.29, 0.717) is 0 Å². The topological polar surface area (TPSA) is 323 Å². The molecule has 21 saturated heterocycles. The van der Waals surface area contributed by atoms with Gasteiger partial charge in [0, 0.05) is 149 Å². The molecule has 574 valence electrons. The lowest BCUT2D eigenvalue weighted by molar-refractivity contribution is -0.402. The van der Waals surface area contributed by atoms with Gasteiger partial charge in [0.1, 0.15) is 171 Å². The minimum atomic E-state index is -1.22. The van der Waals surface area contributed by atoms with Gasteiger partial charge in [-0.3, -0.25) is 0 Å². The Kier molecular flexibility index (Phi) is 33.9. The van der Waals surface area contributed by atoms with Crippen LogP contribution in [0.5, 0.6) is 0 Å². The highest BCUT2D eigenvalue weighted by Gasteiger charge is 2.62. The van der Waals surface area contributed by atoms with Crippen molar-refractivity contribution in [3.63, 3.8) is 0 Å². The molecule has 0 amide bonds. The summed E-state index contributed by atoms with van der Waals surface area (Å²) < 4.78 is 226. The second-order valence-corrected chi connectivity index (χ2v) is 24.5. The van der Waals surface area contributed by atoms with Crippen LogP contribution >= 0.6 is 0 Å².